The van der Waals surface area contributed by atoms with Gasteiger partial charge in [-0.25, -0.2) is 0 Å². The van der Waals surface area contributed by atoms with Gasteiger partial charge in [-0.1, -0.05) is 19.9 Å². The van der Waals surface area contributed by atoms with Crippen molar-refractivity contribution in [2.45, 2.75) is 32.7 Å². The van der Waals surface area contributed by atoms with Crippen LogP contribution in [-0.2, 0) is 0 Å². The topological polar surface area (TPSA) is 36.8 Å². The monoisotopic (exact) mass is 180 g/mol. The van der Waals surface area contributed by atoms with Gasteiger partial charge in [-0.3, -0.25) is 0 Å². The molecule has 0 aromatic heterocycles. The fourth-order valence-electron chi connectivity index (χ4n) is 1.43. The van der Waals surface area contributed by atoms with E-state index in [0.29, 0.717) is 11.8 Å². The molecule has 0 aliphatic rings. The molecule has 13 heavy (non-hydrogen) atoms. The largest absolute Gasteiger partial charge is 0.508 e. The highest BCUT2D eigenvalue weighted by Gasteiger charge is 2.07. The second kappa shape index (κ2) is 4.87. The zero-order valence-electron chi connectivity index (χ0n) is 8.33. The van der Waals surface area contributed by atoms with E-state index in [2.05, 4.69) is 19.2 Å². The van der Waals surface area contributed by atoms with Crippen LogP contribution in [-0.4, -0.2) is 11.1 Å². The molecule has 2 nitrogen and oxygen atoms in total. The first-order valence-electron chi connectivity index (χ1n) is 4.90. The van der Waals surface area contributed by atoms with E-state index in [1.165, 1.54) is 0 Å². The SMILES string of the molecule is CCC(CC)[NH2+]c1cccc(O)c1. The molecular formula is C11H18NO+. The number of phenols is 1. The van der Waals surface area contributed by atoms with E-state index in [9.17, 15) is 5.11 Å². The average molecular weight is 180 g/mol. The summed E-state index contributed by atoms with van der Waals surface area (Å²) < 4.78 is 0. The molecule has 72 valence electrons. The number of benzene rings is 1. The second-order valence-electron chi connectivity index (χ2n) is 3.34. The molecular weight excluding hydrogens is 162 g/mol. The van der Waals surface area contributed by atoms with Gasteiger partial charge >= 0.3 is 0 Å². The van der Waals surface area contributed by atoms with E-state index in [1.54, 1.807) is 12.1 Å². The predicted octanol–water partition coefficient (Wildman–Crippen LogP) is 1.78. The fourth-order valence-corrected chi connectivity index (χ4v) is 1.43. The maximum Gasteiger partial charge on any atom is 0.133 e. The van der Waals surface area contributed by atoms with Gasteiger partial charge in [0, 0.05) is 6.07 Å². The molecule has 0 unspecified atom stereocenters. The highest BCUT2D eigenvalue weighted by molar-refractivity contribution is 5.36. The van der Waals surface area contributed by atoms with Gasteiger partial charge in [-0.15, -0.1) is 0 Å². The molecule has 1 aromatic rings. The molecule has 0 atom stereocenters. The number of hydrogen-bond donors (Lipinski definition) is 2. The summed E-state index contributed by atoms with van der Waals surface area (Å²) in [4.78, 5) is 0. The predicted molar refractivity (Wildman–Crippen MR) is 54.1 cm³/mol. The third-order valence-electron chi connectivity index (χ3n) is 2.35. The lowest BCUT2D eigenvalue weighted by atomic mass is 10.1. The minimum Gasteiger partial charge on any atom is -0.508 e. The van der Waals surface area contributed by atoms with E-state index >= 15 is 0 Å². The Bertz CT molecular complexity index is 256. The minimum absolute atomic E-state index is 0.347. The van der Waals surface area contributed by atoms with Crippen molar-refractivity contribution in [3.05, 3.63) is 24.3 Å². The fraction of sp³-hybridized carbons (Fsp3) is 0.455. The molecule has 1 rings (SSSR count). The summed E-state index contributed by atoms with van der Waals surface area (Å²) >= 11 is 0. The number of aromatic hydroxyl groups is 1. The van der Waals surface area contributed by atoms with Crippen LogP contribution in [0.3, 0.4) is 0 Å². The Labute approximate surface area is 79.6 Å². The van der Waals surface area contributed by atoms with Crippen LogP contribution in [0.15, 0.2) is 24.3 Å². The lowest BCUT2D eigenvalue weighted by Gasteiger charge is -2.10. The molecule has 0 amide bonds. The highest BCUT2D eigenvalue weighted by atomic mass is 16.3. The van der Waals surface area contributed by atoms with Crippen LogP contribution < -0.4 is 5.32 Å². The van der Waals surface area contributed by atoms with Crippen molar-refractivity contribution in [2.24, 2.45) is 0 Å². The van der Waals surface area contributed by atoms with E-state index in [4.69, 9.17) is 0 Å². The summed E-state index contributed by atoms with van der Waals surface area (Å²) in [5.41, 5.74) is 1.12. The molecule has 0 saturated carbocycles. The maximum absolute atomic E-state index is 9.25. The lowest BCUT2D eigenvalue weighted by Crippen LogP contribution is -2.84. The van der Waals surface area contributed by atoms with Crippen LogP contribution in [0.5, 0.6) is 5.75 Å². The maximum atomic E-state index is 9.25. The van der Waals surface area contributed by atoms with Crippen molar-refractivity contribution >= 4 is 5.69 Å². The molecule has 1 aromatic carbocycles. The smallest absolute Gasteiger partial charge is 0.133 e. The second-order valence-corrected chi connectivity index (χ2v) is 3.34. The van der Waals surface area contributed by atoms with Crippen LogP contribution in [0.2, 0.25) is 0 Å². The van der Waals surface area contributed by atoms with Gasteiger partial charge in [0.2, 0.25) is 0 Å². The average Bonchev–Trinajstić information content (AvgIpc) is 2.14. The van der Waals surface area contributed by atoms with Crippen molar-refractivity contribution in [2.75, 3.05) is 0 Å². The minimum atomic E-state index is 0.347. The normalized spacial score (nSPS) is 10.7. The van der Waals surface area contributed by atoms with E-state index < -0.39 is 0 Å². The van der Waals surface area contributed by atoms with E-state index in [1.807, 2.05) is 12.1 Å². The van der Waals surface area contributed by atoms with Gasteiger partial charge in [-0.05, 0) is 25.0 Å². The van der Waals surface area contributed by atoms with Gasteiger partial charge in [0.15, 0.2) is 0 Å². The van der Waals surface area contributed by atoms with Crippen molar-refractivity contribution in [3.63, 3.8) is 0 Å². The Morgan fingerprint density at radius 3 is 2.54 bits per heavy atom. The summed E-state index contributed by atoms with van der Waals surface area (Å²) in [7, 11) is 0. The van der Waals surface area contributed by atoms with Crippen LogP contribution in [0, 0.1) is 0 Å². The van der Waals surface area contributed by atoms with Crippen molar-refractivity contribution < 1.29 is 10.4 Å². The van der Waals surface area contributed by atoms with Crippen LogP contribution in [0.1, 0.15) is 26.7 Å². The Kier molecular flexibility index (Phi) is 3.77. The standard InChI is InChI=1S/C11H17NO/c1-3-9(4-2)12-10-6-5-7-11(13)8-10/h5-9,12-13H,3-4H2,1-2H3/p+1. The molecule has 0 saturated heterocycles. The molecule has 0 aliphatic heterocycles. The molecule has 0 bridgehead atoms. The van der Waals surface area contributed by atoms with Crippen LogP contribution in [0.4, 0.5) is 5.69 Å². The van der Waals surface area contributed by atoms with Gasteiger partial charge in [0.1, 0.15) is 11.4 Å². The Morgan fingerprint density at radius 2 is 2.00 bits per heavy atom. The van der Waals surface area contributed by atoms with Crippen LogP contribution in [0.25, 0.3) is 0 Å². The summed E-state index contributed by atoms with van der Waals surface area (Å²) in [5, 5.41) is 11.5. The highest BCUT2D eigenvalue weighted by Crippen LogP contribution is 2.11. The Hall–Kier alpha value is -1.02. The molecule has 0 heterocycles. The number of nitrogens with two attached hydrogens (primary N) is 1. The Balaban J connectivity index is 2.62. The zero-order valence-corrected chi connectivity index (χ0v) is 8.33. The molecule has 3 N–H and O–H groups in total. The summed E-state index contributed by atoms with van der Waals surface area (Å²) in [6.45, 7) is 4.38. The van der Waals surface area contributed by atoms with Crippen LogP contribution >= 0.6 is 0 Å². The van der Waals surface area contributed by atoms with Gasteiger partial charge < -0.3 is 10.4 Å². The van der Waals surface area contributed by atoms with Gasteiger partial charge in [0.05, 0.1) is 6.04 Å². The summed E-state index contributed by atoms with van der Waals surface area (Å²) in [5.74, 6) is 0.347. The molecule has 0 fully saturated rings. The lowest BCUT2D eigenvalue weighted by molar-refractivity contribution is -0.611. The zero-order chi connectivity index (χ0) is 9.68. The Morgan fingerprint density at radius 1 is 1.31 bits per heavy atom. The number of hydrogen-bond acceptors (Lipinski definition) is 1. The summed E-state index contributed by atoms with van der Waals surface area (Å²) in [6.07, 6.45) is 2.32. The van der Waals surface area contributed by atoms with Gasteiger partial charge in [0.25, 0.3) is 0 Å². The van der Waals surface area contributed by atoms with Crippen molar-refractivity contribution in [1.29, 1.82) is 0 Å². The number of rotatable bonds is 4. The van der Waals surface area contributed by atoms with E-state index in [0.717, 1.165) is 18.5 Å². The third kappa shape index (κ3) is 3.07. The van der Waals surface area contributed by atoms with Crippen molar-refractivity contribution in [3.8, 4) is 5.75 Å². The molecule has 0 aliphatic carbocycles. The first-order chi connectivity index (χ1) is 6.26. The molecule has 0 spiro atoms. The van der Waals surface area contributed by atoms with Crippen molar-refractivity contribution in [1.82, 2.24) is 0 Å². The van der Waals surface area contributed by atoms with E-state index in [-0.39, 0.29) is 0 Å². The first-order valence-corrected chi connectivity index (χ1v) is 4.90. The summed E-state index contributed by atoms with van der Waals surface area (Å²) in [6, 6.07) is 8.03. The molecule has 2 heteroatoms. The number of phenolic OH excluding ortho intramolecular Hbond substituents is 1. The quantitative estimate of drug-likeness (QED) is 0.681. The van der Waals surface area contributed by atoms with Gasteiger partial charge in [-0.2, -0.15) is 0 Å². The number of quaternary nitrogens is 1. The molecule has 0 radical (unpaired) electrons. The third-order valence-corrected chi connectivity index (χ3v) is 2.35. The first kappa shape index (κ1) is 10.1.